The molecule has 1 aromatic heterocycles. The van der Waals surface area contributed by atoms with Gasteiger partial charge in [-0.2, -0.15) is 0 Å². The third kappa shape index (κ3) is 3.19. The normalized spacial score (nSPS) is 14.8. The summed E-state index contributed by atoms with van der Waals surface area (Å²) in [4.78, 5) is 14.5. The molecule has 2 aliphatic heterocycles. The molecule has 0 aliphatic carbocycles. The Morgan fingerprint density at radius 3 is 2.82 bits per heavy atom. The van der Waals surface area contributed by atoms with E-state index in [-0.39, 0.29) is 12.7 Å². The third-order valence-electron chi connectivity index (χ3n) is 5.12. The lowest BCUT2D eigenvalue weighted by Crippen LogP contribution is -2.36. The zero-order chi connectivity index (χ0) is 18.9. The summed E-state index contributed by atoms with van der Waals surface area (Å²) >= 11 is 0. The topological polar surface area (TPSA) is 77.7 Å². The second kappa shape index (κ2) is 6.99. The van der Waals surface area contributed by atoms with E-state index in [4.69, 9.17) is 13.9 Å². The van der Waals surface area contributed by atoms with E-state index in [2.05, 4.69) is 22.3 Å². The minimum Gasteiger partial charge on any atom is -0.454 e. The van der Waals surface area contributed by atoms with Gasteiger partial charge in [0, 0.05) is 31.5 Å². The number of ether oxygens (including phenoxy) is 2. The predicted octanol–water partition coefficient (Wildman–Crippen LogP) is 2.98. The third-order valence-corrected chi connectivity index (χ3v) is 5.12. The molecule has 0 unspecified atom stereocenters. The van der Waals surface area contributed by atoms with Gasteiger partial charge < -0.3 is 18.8 Å². The zero-order valence-electron chi connectivity index (χ0n) is 15.3. The summed E-state index contributed by atoms with van der Waals surface area (Å²) in [5.74, 6) is 2.35. The van der Waals surface area contributed by atoms with Gasteiger partial charge in [-0.25, -0.2) is 0 Å². The van der Waals surface area contributed by atoms with Crippen LogP contribution in [0.1, 0.15) is 23.4 Å². The summed E-state index contributed by atoms with van der Waals surface area (Å²) < 4.78 is 16.4. The summed E-state index contributed by atoms with van der Waals surface area (Å²) in [7, 11) is 0. The molecule has 0 bridgehead atoms. The van der Waals surface area contributed by atoms with Gasteiger partial charge in [0.25, 0.3) is 0 Å². The van der Waals surface area contributed by atoms with Crippen molar-refractivity contribution in [2.24, 2.45) is 0 Å². The van der Waals surface area contributed by atoms with Crippen molar-refractivity contribution in [1.29, 1.82) is 0 Å². The summed E-state index contributed by atoms with van der Waals surface area (Å²) in [5.41, 5.74) is 3.32. The van der Waals surface area contributed by atoms with Gasteiger partial charge in [-0.3, -0.25) is 4.79 Å². The molecule has 1 amide bonds. The average molecular weight is 377 g/mol. The fourth-order valence-corrected chi connectivity index (χ4v) is 3.58. The van der Waals surface area contributed by atoms with Gasteiger partial charge >= 0.3 is 0 Å². The minimum absolute atomic E-state index is 0.109. The van der Waals surface area contributed by atoms with Crippen molar-refractivity contribution in [3.63, 3.8) is 0 Å². The van der Waals surface area contributed by atoms with Gasteiger partial charge in [0.2, 0.25) is 24.5 Å². The molecule has 28 heavy (non-hydrogen) atoms. The zero-order valence-corrected chi connectivity index (χ0v) is 15.3. The fourth-order valence-electron chi connectivity index (χ4n) is 3.58. The maximum atomic E-state index is 12.6. The van der Waals surface area contributed by atoms with Gasteiger partial charge in [0.05, 0.1) is 0 Å². The lowest BCUT2D eigenvalue weighted by atomic mass is 9.99. The number of aromatic nitrogens is 2. The predicted molar refractivity (Wildman–Crippen MR) is 99.7 cm³/mol. The van der Waals surface area contributed by atoms with E-state index in [0.717, 1.165) is 18.5 Å². The van der Waals surface area contributed by atoms with E-state index in [9.17, 15) is 4.79 Å². The molecule has 0 saturated carbocycles. The smallest absolute Gasteiger partial charge is 0.247 e. The van der Waals surface area contributed by atoms with Crippen molar-refractivity contribution < 1.29 is 18.7 Å². The van der Waals surface area contributed by atoms with Crippen LogP contribution in [0, 0.1) is 0 Å². The van der Waals surface area contributed by atoms with E-state index in [0.29, 0.717) is 42.7 Å². The van der Waals surface area contributed by atoms with Crippen molar-refractivity contribution in [2.75, 3.05) is 13.3 Å². The van der Waals surface area contributed by atoms with Gasteiger partial charge in [0.1, 0.15) is 0 Å². The minimum atomic E-state index is 0.109. The van der Waals surface area contributed by atoms with Crippen LogP contribution in [0.5, 0.6) is 11.5 Å². The molecule has 3 heterocycles. The molecule has 0 atom stereocenters. The van der Waals surface area contributed by atoms with Gasteiger partial charge in [-0.15, -0.1) is 10.2 Å². The Labute approximate surface area is 161 Å². The summed E-state index contributed by atoms with van der Waals surface area (Å²) in [6, 6.07) is 13.8. The maximum absolute atomic E-state index is 12.6. The second-order valence-corrected chi connectivity index (χ2v) is 6.90. The van der Waals surface area contributed by atoms with Gasteiger partial charge in [0.15, 0.2) is 11.5 Å². The molecule has 0 spiro atoms. The molecular formula is C21H19N3O4. The standard InChI is InChI=1S/C21H19N3O4/c25-20(24-10-9-14-3-1-2-4-16(14)12-24)8-7-19-22-23-21(28-19)15-5-6-17-18(11-15)27-13-26-17/h1-6,11H,7-10,12-13H2. The molecule has 0 N–H and O–H groups in total. The van der Waals surface area contributed by atoms with E-state index >= 15 is 0 Å². The SMILES string of the molecule is O=C(CCc1nnc(-c2ccc3c(c2)OCO3)o1)N1CCc2ccccc2C1. The molecule has 0 radical (unpaired) electrons. The molecule has 0 fully saturated rings. The van der Waals surface area contributed by atoms with Crippen LogP contribution in [0.25, 0.3) is 11.5 Å². The highest BCUT2D eigenvalue weighted by Gasteiger charge is 2.21. The van der Waals surface area contributed by atoms with Crippen molar-refractivity contribution >= 4 is 5.91 Å². The Balaban J connectivity index is 1.21. The molecule has 2 aromatic carbocycles. The number of fused-ring (bicyclic) bond motifs is 2. The summed E-state index contributed by atoms with van der Waals surface area (Å²) in [6.45, 7) is 1.64. The van der Waals surface area contributed by atoms with Crippen LogP contribution in [0.15, 0.2) is 46.9 Å². The van der Waals surface area contributed by atoms with E-state index in [1.54, 1.807) is 0 Å². The highest BCUT2D eigenvalue weighted by Crippen LogP contribution is 2.35. The Morgan fingerprint density at radius 1 is 1.04 bits per heavy atom. The van der Waals surface area contributed by atoms with Crippen molar-refractivity contribution in [3.05, 3.63) is 59.5 Å². The molecule has 5 rings (SSSR count). The summed E-state index contributed by atoms with van der Waals surface area (Å²) in [6.07, 6.45) is 1.68. The van der Waals surface area contributed by atoms with Crippen LogP contribution in [-0.4, -0.2) is 34.3 Å². The first-order valence-corrected chi connectivity index (χ1v) is 9.33. The largest absolute Gasteiger partial charge is 0.454 e. The highest BCUT2D eigenvalue weighted by molar-refractivity contribution is 5.76. The van der Waals surface area contributed by atoms with Crippen LogP contribution >= 0.6 is 0 Å². The van der Waals surface area contributed by atoms with Crippen LogP contribution in [-0.2, 0) is 24.2 Å². The number of aryl methyl sites for hydroxylation is 1. The van der Waals surface area contributed by atoms with Gasteiger partial charge in [-0.1, -0.05) is 24.3 Å². The lowest BCUT2D eigenvalue weighted by Gasteiger charge is -2.28. The van der Waals surface area contributed by atoms with Crippen molar-refractivity contribution in [2.45, 2.75) is 25.8 Å². The van der Waals surface area contributed by atoms with E-state index in [1.807, 2.05) is 35.2 Å². The number of nitrogens with zero attached hydrogens (tertiary/aromatic N) is 3. The number of benzene rings is 2. The number of hydrogen-bond donors (Lipinski definition) is 0. The molecule has 7 nitrogen and oxygen atoms in total. The Bertz CT molecular complexity index is 1030. The molecule has 7 heteroatoms. The number of hydrogen-bond acceptors (Lipinski definition) is 6. The first-order valence-electron chi connectivity index (χ1n) is 9.33. The fraction of sp³-hybridized carbons (Fsp3) is 0.286. The Morgan fingerprint density at radius 2 is 1.89 bits per heavy atom. The quantitative estimate of drug-likeness (QED) is 0.696. The first-order chi connectivity index (χ1) is 13.8. The van der Waals surface area contributed by atoms with E-state index in [1.165, 1.54) is 11.1 Å². The monoisotopic (exact) mass is 377 g/mol. The Hall–Kier alpha value is -3.35. The Kier molecular flexibility index (Phi) is 4.20. The molecule has 2 aliphatic rings. The second-order valence-electron chi connectivity index (χ2n) is 6.90. The van der Waals surface area contributed by atoms with Crippen LogP contribution in [0.4, 0.5) is 0 Å². The van der Waals surface area contributed by atoms with Crippen molar-refractivity contribution in [1.82, 2.24) is 15.1 Å². The molecular weight excluding hydrogens is 358 g/mol. The first kappa shape index (κ1) is 16.8. The molecule has 0 saturated heterocycles. The molecule has 142 valence electrons. The van der Waals surface area contributed by atoms with Gasteiger partial charge in [-0.05, 0) is 35.7 Å². The lowest BCUT2D eigenvalue weighted by molar-refractivity contribution is -0.132. The number of rotatable bonds is 4. The number of carbonyl (C=O) groups is 1. The summed E-state index contributed by atoms with van der Waals surface area (Å²) in [5, 5.41) is 8.17. The van der Waals surface area contributed by atoms with E-state index < -0.39 is 0 Å². The van der Waals surface area contributed by atoms with Crippen LogP contribution in [0.3, 0.4) is 0 Å². The van der Waals surface area contributed by atoms with Crippen molar-refractivity contribution in [3.8, 4) is 23.0 Å². The number of amides is 1. The number of carbonyl (C=O) groups excluding carboxylic acids is 1. The van der Waals surface area contributed by atoms with Crippen LogP contribution in [0.2, 0.25) is 0 Å². The average Bonchev–Trinajstić information content (AvgIpc) is 3.40. The highest BCUT2D eigenvalue weighted by atomic mass is 16.7. The molecule has 3 aromatic rings. The maximum Gasteiger partial charge on any atom is 0.247 e. The van der Waals surface area contributed by atoms with Crippen LogP contribution < -0.4 is 9.47 Å².